The molecule has 3 heterocycles. The van der Waals surface area contributed by atoms with Crippen LogP contribution in [0, 0.1) is 11.8 Å². The fraction of sp³-hybridized carbons (Fsp3) is 1.00. The normalized spacial score (nSPS) is 37.5. The maximum Gasteiger partial charge on any atom is 0.110 e. The predicted octanol–water partition coefficient (Wildman–Crippen LogP) is 0.966. The van der Waals surface area contributed by atoms with Gasteiger partial charge in [-0.15, -0.1) is 0 Å². The predicted molar refractivity (Wildman–Crippen MR) is 56.6 cm³/mol. The zero-order chi connectivity index (χ0) is 10.2. The summed E-state index contributed by atoms with van der Waals surface area (Å²) in [6.45, 7) is 4.85. The topological polar surface area (TPSA) is 12.5 Å². The van der Waals surface area contributed by atoms with Crippen molar-refractivity contribution in [1.29, 1.82) is 0 Å². The van der Waals surface area contributed by atoms with Gasteiger partial charge in [-0.2, -0.15) is 4.65 Å². The van der Waals surface area contributed by atoms with E-state index in [2.05, 4.69) is 26.0 Å². The third kappa shape index (κ3) is 2.47. The van der Waals surface area contributed by atoms with Crippen molar-refractivity contribution in [3.8, 4) is 0 Å². The first-order chi connectivity index (χ1) is 6.54. The van der Waals surface area contributed by atoms with Gasteiger partial charge in [0.15, 0.2) is 0 Å². The van der Waals surface area contributed by atoms with Crippen molar-refractivity contribution in [1.82, 2.24) is 4.90 Å². The molecule has 0 aromatic heterocycles. The second kappa shape index (κ2) is 3.80. The van der Waals surface area contributed by atoms with E-state index in [1.807, 2.05) is 0 Å². The molecule has 0 radical (unpaired) electrons. The van der Waals surface area contributed by atoms with Gasteiger partial charge in [-0.3, -0.25) is 0 Å². The maximum absolute atomic E-state index is 5.83. The van der Waals surface area contributed by atoms with Crippen LogP contribution >= 0.6 is 0 Å². The Balaban J connectivity index is 1.81. The minimum absolute atomic E-state index is 0.628. The van der Waals surface area contributed by atoms with E-state index in [9.17, 15) is 0 Å². The van der Waals surface area contributed by atoms with Crippen molar-refractivity contribution in [3.63, 3.8) is 0 Å². The number of fused-ring (bicyclic) bond motifs is 3. The molecule has 0 saturated carbocycles. The molecule has 0 N–H and O–H groups in total. The fourth-order valence-corrected chi connectivity index (χ4v) is 2.60. The lowest BCUT2D eigenvalue weighted by atomic mass is 9.80. The number of rotatable bonds is 3. The molecule has 3 nitrogen and oxygen atoms in total. The molecular formula is C11H23N2O+. The van der Waals surface area contributed by atoms with E-state index in [0.29, 0.717) is 4.65 Å². The second-order valence-corrected chi connectivity index (χ2v) is 5.58. The number of hydrogen-bond donors (Lipinski definition) is 0. The zero-order valence-electron chi connectivity index (χ0n) is 9.70. The number of quaternary nitrogens is 1. The SMILES string of the molecule is C[N+](C)(C)OCC1CN2CCC1CC2. The van der Waals surface area contributed by atoms with E-state index < -0.39 is 0 Å². The van der Waals surface area contributed by atoms with E-state index in [1.165, 1.54) is 32.5 Å². The quantitative estimate of drug-likeness (QED) is 0.496. The molecule has 1 atom stereocenters. The van der Waals surface area contributed by atoms with Crippen LogP contribution < -0.4 is 0 Å². The first-order valence-electron chi connectivity index (χ1n) is 5.73. The molecular weight excluding hydrogens is 176 g/mol. The summed E-state index contributed by atoms with van der Waals surface area (Å²) in [6.07, 6.45) is 2.79. The third-order valence-electron chi connectivity index (χ3n) is 3.47. The van der Waals surface area contributed by atoms with Gasteiger partial charge in [-0.25, -0.2) is 4.84 Å². The summed E-state index contributed by atoms with van der Waals surface area (Å²) in [5, 5.41) is 0. The minimum atomic E-state index is 0.628. The summed E-state index contributed by atoms with van der Waals surface area (Å²) in [6, 6.07) is 0. The second-order valence-electron chi connectivity index (χ2n) is 5.58. The van der Waals surface area contributed by atoms with Crippen LogP contribution in [0.1, 0.15) is 12.8 Å². The van der Waals surface area contributed by atoms with Gasteiger partial charge >= 0.3 is 0 Å². The van der Waals surface area contributed by atoms with E-state index in [4.69, 9.17) is 4.84 Å². The molecule has 0 spiro atoms. The molecule has 3 heteroatoms. The van der Waals surface area contributed by atoms with Crippen LogP contribution in [0.3, 0.4) is 0 Å². The maximum atomic E-state index is 5.83. The molecule has 0 aromatic carbocycles. The highest BCUT2D eigenvalue weighted by atomic mass is 16.7. The average molecular weight is 199 g/mol. The van der Waals surface area contributed by atoms with Crippen LogP contribution in [0.15, 0.2) is 0 Å². The van der Waals surface area contributed by atoms with Crippen LogP contribution in [0.4, 0.5) is 0 Å². The Hall–Kier alpha value is -0.120. The summed E-state index contributed by atoms with van der Waals surface area (Å²) >= 11 is 0. The standard InChI is InChI=1S/C11H23N2O/c1-13(2,3)14-9-11-8-12-6-4-10(11)5-7-12/h10-11H,4-9H2,1-3H3/q+1. The van der Waals surface area contributed by atoms with Gasteiger partial charge in [0.2, 0.25) is 0 Å². The summed E-state index contributed by atoms with van der Waals surface area (Å²) < 4.78 is 0.628. The van der Waals surface area contributed by atoms with Crippen molar-refractivity contribution < 1.29 is 9.48 Å². The molecule has 1 unspecified atom stereocenters. The van der Waals surface area contributed by atoms with E-state index >= 15 is 0 Å². The number of nitrogens with zero attached hydrogens (tertiary/aromatic N) is 2. The minimum Gasteiger partial charge on any atom is -0.303 e. The van der Waals surface area contributed by atoms with Crippen LogP contribution in [-0.4, -0.2) is 56.9 Å². The van der Waals surface area contributed by atoms with Crippen LogP contribution in [0.25, 0.3) is 0 Å². The monoisotopic (exact) mass is 199 g/mol. The van der Waals surface area contributed by atoms with Gasteiger partial charge in [-0.05, 0) is 31.8 Å². The van der Waals surface area contributed by atoms with Crippen molar-refractivity contribution in [2.24, 2.45) is 11.8 Å². The molecule has 0 amide bonds. The summed E-state index contributed by atoms with van der Waals surface area (Å²) in [5.41, 5.74) is 0. The molecule has 82 valence electrons. The van der Waals surface area contributed by atoms with Crippen molar-refractivity contribution in [2.75, 3.05) is 47.4 Å². The van der Waals surface area contributed by atoms with Gasteiger partial charge in [0, 0.05) is 12.5 Å². The molecule has 3 aliphatic heterocycles. The first-order valence-corrected chi connectivity index (χ1v) is 5.73. The number of hydroxylamine groups is 3. The highest BCUT2D eigenvalue weighted by Crippen LogP contribution is 2.32. The molecule has 0 aromatic rings. The lowest BCUT2D eigenvalue weighted by Crippen LogP contribution is -2.50. The Morgan fingerprint density at radius 2 is 1.86 bits per heavy atom. The Morgan fingerprint density at radius 1 is 1.21 bits per heavy atom. The smallest absolute Gasteiger partial charge is 0.110 e. The van der Waals surface area contributed by atoms with E-state index in [1.54, 1.807) is 0 Å². The van der Waals surface area contributed by atoms with Gasteiger partial charge in [0.05, 0.1) is 21.1 Å². The van der Waals surface area contributed by atoms with Gasteiger partial charge < -0.3 is 4.90 Å². The Labute approximate surface area is 87.2 Å². The van der Waals surface area contributed by atoms with Crippen molar-refractivity contribution in [3.05, 3.63) is 0 Å². The first kappa shape index (κ1) is 10.4. The van der Waals surface area contributed by atoms with Gasteiger partial charge in [0.25, 0.3) is 0 Å². The summed E-state index contributed by atoms with van der Waals surface area (Å²) in [4.78, 5) is 8.42. The third-order valence-corrected chi connectivity index (χ3v) is 3.47. The molecule has 3 saturated heterocycles. The van der Waals surface area contributed by atoms with Gasteiger partial charge in [-0.1, -0.05) is 0 Å². The summed E-state index contributed by atoms with van der Waals surface area (Å²) in [5.74, 6) is 1.72. The fourth-order valence-electron chi connectivity index (χ4n) is 2.60. The molecule has 14 heavy (non-hydrogen) atoms. The lowest BCUT2D eigenvalue weighted by molar-refractivity contribution is -1.06. The number of piperidine rings is 3. The zero-order valence-corrected chi connectivity index (χ0v) is 9.70. The Bertz CT molecular complexity index is 192. The van der Waals surface area contributed by atoms with Crippen LogP contribution in [-0.2, 0) is 4.84 Å². The molecule has 0 aliphatic carbocycles. The lowest BCUT2D eigenvalue weighted by Gasteiger charge is -2.44. The molecule has 3 rings (SSSR count). The van der Waals surface area contributed by atoms with E-state index in [-0.39, 0.29) is 0 Å². The highest BCUT2D eigenvalue weighted by molar-refractivity contribution is 4.86. The van der Waals surface area contributed by atoms with Crippen molar-refractivity contribution >= 4 is 0 Å². The average Bonchev–Trinajstić information content (AvgIpc) is 2.16. The Morgan fingerprint density at radius 3 is 2.29 bits per heavy atom. The van der Waals surface area contributed by atoms with Crippen LogP contribution in [0.5, 0.6) is 0 Å². The van der Waals surface area contributed by atoms with Gasteiger partial charge in [0.1, 0.15) is 6.61 Å². The largest absolute Gasteiger partial charge is 0.303 e. The van der Waals surface area contributed by atoms with Crippen LogP contribution in [0.2, 0.25) is 0 Å². The Kier molecular flexibility index (Phi) is 2.82. The van der Waals surface area contributed by atoms with Crippen molar-refractivity contribution in [2.45, 2.75) is 12.8 Å². The molecule has 3 aliphatic rings. The highest BCUT2D eigenvalue weighted by Gasteiger charge is 2.35. The molecule has 2 bridgehead atoms. The summed E-state index contributed by atoms with van der Waals surface area (Å²) in [7, 11) is 6.25. The van der Waals surface area contributed by atoms with E-state index in [0.717, 1.165) is 18.4 Å². The molecule has 3 fully saturated rings. The number of hydrogen-bond acceptors (Lipinski definition) is 2.